The summed E-state index contributed by atoms with van der Waals surface area (Å²) >= 11 is 2.04. The molecule has 0 saturated carbocycles. The van der Waals surface area contributed by atoms with Crippen LogP contribution in [-0.4, -0.2) is 209 Å². The van der Waals surface area contributed by atoms with Gasteiger partial charge in [-0.2, -0.15) is 0 Å². The number of hydrogen-bond donors (Lipinski definition) is 4. The van der Waals surface area contributed by atoms with Crippen molar-refractivity contribution in [2.24, 2.45) is 0 Å². The monoisotopic (exact) mass is 2070 g/mol. The Morgan fingerprint density at radius 2 is 0.298 bits per heavy atom. The van der Waals surface area contributed by atoms with Crippen molar-refractivity contribution >= 4 is 159 Å². The van der Waals surface area contributed by atoms with E-state index in [0.717, 1.165) is 0 Å². The van der Waals surface area contributed by atoms with E-state index >= 15 is 19.5 Å². The largest absolute Gasteiger partial charge is 0.478 e. The Bertz CT molecular complexity index is 4690. The molecule has 0 aromatic heterocycles. The van der Waals surface area contributed by atoms with Crippen molar-refractivity contribution in [3.05, 3.63) is 33.4 Å². The van der Waals surface area contributed by atoms with Crippen LogP contribution in [0.1, 0.15) is 406 Å². The Labute approximate surface area is 872 Å². The molecule has 0 atom stereocenters. The molecule has 3 aromatic carbocycles. The highest BCUT2D eigenvalue weighted by Gasteiger charge is 2.63. The van der Waals surface area contributed by atoms with E-state index < -0.39 is 363 Å². The lowest BCUT2D eigenvalue weighted by molar-refractivity contribution is -0.0149. The summed E-state index contributed by atoms with van der Waals surface area (Å²) < 4.78 is 324. The number of carboxylic acids is 3. The van der Waals surface area contributed by atoms with Crippen molar-refractivity contribution in [2.45, 2.75) is 482 Å². The van der Waals surface area contributed by atoms with Crippen molar-refractivity contribution in [3.63, 3.8) is 0 Å². The molecule has 0 radical (unpaired) electrons. The molecule has 31 heteroatoms. The van der Waals surface area contributed by atoms with Gasteiger partial charge in [0.2, 0.25) is 0 Å². The minimum absolute atomic E-state index is 0.156. The molecule has 0 saturated heterocycles. The summed E-state index contributed by atoms with van der Waals surface area (Å²) in [7, 11) is 0. The normalized spacial score (nSPS) is 22.5. The molecule has 6 aliphatic rings. The van der Waals surface area contributed by atoms with Gasteiger partial charge < -0.3 is 77.3 Å². The fourth-order valence-corrected chi connectivity index (χ4v) is 31.0. The van der Waals surface area contributed by atoms with Crippen LogP contribution in [0.2, 0.25) is 0 Å². The second kappa shape index (κ2) is 42.6. The average molecular weight is 2080 g/mol. The molecule has 9 rings (SSSR count). The summed E-state index contributed by atoms with van der Waals surface area (Å²) in [5.74, 6) is -6.05. The molecule has 6 heterocycles. The van der Waals surface area contributed by atoms with Crippen LogP contribution in [0.25, 0.3) is 0 Å². The SMILES string of the molecule is [2H]C([2H])(COC(C)(C)C)C1(C([2H])([2H])COC(C)(C)C)Sc2c(c(C(O)(c3c4c(c(C(=O)O)c5c3SC(C([2H])([2H])COC(C)(C)C)(C([2H])([2H])COC(C)(C)C)S5)SC(C([2H])([2H])COC(C)(C)C)(C([2H])([2H])COC(C)(C)C)S4)c3c4c(c(C(=O)O)c5c3SC(C([2H])([2H])COC(C)(C)C)(C([2H])([2H])COC(C)(C)C)S5)SC(C([2H])([2H])COC(C)(C)C)(C([2H])([2H])COC(C)(C)C)S4)c3c(c2C(=O)O)SC(C([2H])([2H])COC(C)(C)C)(C([2H])([2H])COC(C)(C)C)S3)S1. The minimum Gasteiger partial charge on any atom is -0.478 e. The number of carboxylic acid groups (broad SMARTS) is 3. The maximum absolute atomic E-state index is 18.9. The van der Waals surface area contributed by atoms with Crippen LogP contribution in [-0.2, 0) is 62.4 Å². The van der Waals surface area contributed by atoms with Crippen molar-refractivity contribution in [3.8, 4) is 0 Å². The zero-order chi connectivity index (χ0) is 120. The molecular formula is C100H160O19S12. The Kier molecular flexibility index (Phi) is 27.0. The number of benzene rings is 3. The Morgan fingerprint density at radius 1 is 0.206 bits per heavy atom. The first-order valence-electron chi connectivity index (χ1n) is 55.6. The van der Waals surface area contributed by atoms with Gasteiger partial charge in [-0.05, 0) is 326 Å². The number of aromatic carboxylic acids is 3. The molecule has 0 unspecified atom stereocenters. The number of carbonyl (C=O) groups is 3. The van der Waals surface area contributed by atoms with Gasteiger partial charge in [0.1, 0.15) is 5.60 Å². The number of hydrogen-bond acceptors (Lipinski definition) is 28. The lowest BCUT2D eigenvalue weighted by Crippen LogP contribution is -2.35. The van der Waals surface area contributed by atoms with Gasteiger partial charge >= 0.3 is 17.9 Å². The van der Waals surface area contributed by atoms with Crippen molar-refractivity contribution < 1.29 is 125 Å². The average Bonchev–Trinajstić information content (AvgIpc) is 1.48. The summed E-state index contributed by atoms with van der Waals surface area (Å²) in [5.41, 5.74) is -27.0. The van der Waals surface area contributed by atoms with Crippen molar-refractivity contribution in [1.29, 1.82) is 0 Å². The quantitative estimate of drug-likeness (QED) is 0.0385. The Hall–Kier alpha value is -0.250. The van der Waals surface area contributed by atoms with Gasteiger partial charge in [-0.3, -0.25) is 0 Å². The van der Waals surface area contributed by atoms with Crippen LogP contribution in [0.15, 0.2) is 58.7 Å². The highest BCUT2D eigenvalue weighted by atomic mass is 32.2. The smallest absolute Gasteiger partial charge is 0.338 e. The van der Waals surface area contributed by atoms with Crippen molar-refractivity contribution in [1.82, 2.24) is 0 Å². The first kappa shape index (κ1) is 83.1. The zero-order valence-electron chi connectivity index (χ0n) is 107. The van der Waals surface area contributed by atoms with E-state index in [1.165, 1.54) is 0 Å². The fourth-order valence-electron chi connectivity index (χ4n) is 12.4. The van der Waals surface area contributed by atoms with Gasteiger partial charge in [0.05, 0.1) is 108 Å². The standard InChI is InChI=1S/C100H160O19S12/c1-82(2,3)108-49-37-94(38-50-109-83(4,5)6)120-67-61(79(101)102)68-74(127-95(121-68,39-51-110-84(7,8)9)40-52-111-85(10,11)12)64(73(67)126-94)100(107,65-75-69(122-96(128-75,41-53-112-86(13,14)15)42-54-113-87(16,17)18)62(80(103)104)70-76(65)129-97(123-70,43-55-114-88(19,20)21)44-56-115-89(22,23)24)66-77-71(124-98(130-77,45-57-116-90(25,26)27)46-58-117-91(28,29)30)63(81(105)106)72-78(66)131-99(125-72,47-59-118-92(31,32)33)48-60-119-93(34,35)36/h107H,37-60H2,1-36H3,(H,101,102)(H,103,104)(H,105,106)/i37D2,38D2,39D2,40D2,41D2,42D2,43D2,44D2,45D2,46D2,47D2,48D2. The third-order valence-corrected chi connectivity index (χ3v) is 36.4. The van der Waals surface area contributed by atoms with E-state index in [-0.39, 0.29) is 141 Å². The minimum atomic E-state index is -4.36. The summed E-state index contributed by atoms with van der Waals surface area (Å²) in [6.45, 7) is 42.3. The number of thioether (sulfide) groups is 12. The molecule has 6 aliphatic heterocycles. The van der Waals surface area contributed by atoms with Gasteiger partial charge in [-0.1, -0.05) is 0 Å². The van der Waals surface area contributed by atoms with E-state index in [4.69, 9.17) is 56.8 Å². The second-order valence-corrected chi connectivity index (χ2v) is 59.9. The summed E-state index contributed by atoms with van der Waals surface area (Å²) in [4.78, 5) is 39.1. The maximum Gasteiger partial charge on any atom is 0.338 e. The van der Waals surface area contributed by atoms with Crippen LogP contribution < -0.4 is 0 Å². The molecule has 0 amide bonds. The predicted octanol–water partition coefficient (Wildman–Crippen LogP) is 28.9. The molecule has 746 valence electrons. The highest BCUT2D eigenvalue weighted by Crippen LogP contribution is 2.79. The molecule has 4 N–H and O–H groups in total. The molecule has 0 spiro atoms. The lowest BCUT2D eigenvalue weighted by atomic mass is 9.78. The topological polar surface area (TPSA) is 243 Å². The Balaban J connectivity index is 1.93. The van der Waals surface area contributed by atoms with E-state index in [9.17, 15) is 48.2 Å². The van der Waals surface area contributed by atoms with E-state index in [1.54, 1.807) is 249 Å². The van der Waals surface area contributed by atoms with Crippen LogP contribution in [0, 0.1) is 0 Å². The van der Waals surface area contributed by atoms with Gasteiger partial charge in [0.15, 0.2) is 0 Å². The van der Waals surface area contributed by atoms with Crippen LogP contribution in [0.5, 0.6) is 0 Å². The van der Waals surface area contributed by atoms with Gasteiger partial charge in [-0.15, -0.1) is 141 Å². The molecule has 3 aromatic rings. The van der Waals surface area contributed by atoms with Gasteiger partial charge in [-0.25, -0.2) is 14.4 Å². The Morgan fingerprint density at radius 3 is 0.382 bits per heavy atom. The summed E-state index contributed by atoms with van der Waals surface area (Å²) in [6, 6.07) is 0. The number of ether oxygens (including phenoxy) is 12. The van der Waals surface area contributed by atoms with Crippen LogP contribution in [0.3, 0.4) is 0 Å². The molecule has 0 aliphatic carbocycles. The predicted molar refractivity (Wildman–Crippen MR) is 553 cm³/mol. The first-order chi connectivity index (χ1) is 68.5. The van der Waals surface area contributed by atoms with Crippen LogP contribution in [0.4, 0.5) is 0 Å². The molecule has 0 fully saturated rings. The molecule has 0 bridgehead atoms. The summed E-state index contributed by atoms with van der Waals surface area (Å²) in [5, 5.41) is 58.5. The third kappa shape index (κ3) is 31.9. The lowest BCUT2D eigenvalue weighted by Gasteiger charge is -2.39. The van der Waals surface area contributed by atoms with Gasteiger partial charge in [0.25, 0.3) is 0 Å². The molecule has 131 heavy (non-hydrogen) atoms. The molecular weight excluding hydrogens is 1890 g/mol. The molecule has 19 nitrogen and oxygen atoms in total. The van der Waals surface area contributed by atoms with E-state index in [2.05, 4.69) is 0 Å². The van der Waals surface area contributed by atoms with E-state index in [1.807, 2.05) is 0 Å². The fraction of sp³-hybridized carbons (Fsp3) is 0.790. The van der Waals surface area contributed by atoms with Crippen molar-refractivity contribution in [2.75, 3.05) is 79.3 Å². The number of rotatable bonds is 42. The third-order valence-electron chi connectivity index (χ3n) is 18.4. The van der Waals surface area contributed by atoms with Crippen LogP contribution >= 0.6 is 141 Å². The van der Waals surface area contributed by atoms with E-state index in [0.29, 0.717) is 0 Å². The summed E-state index contributed by atoms with van der Waals surface area (Å²) in [6.07, 6.45) is -40.1. The number of fused-ring (bicyclic) bond motifs is 6. The first-order valence-corrected chi connectivity index (χ1v) is 53.4. The van der Waals surface area contributed by atoms with Gasteiger partial charge in [0, 0.05) is 188 Å². The maximum atomic E-state index is 18.9. The number of aliphatic hydroxyl groups is 1. The zero-order valence-corrected chi connectivity index (χ0v) is 93.1. The highest BCUT2D eigenvalue weighted by molar-refractivity contribution is 8.23. The second-order valence-electron chi connectivity index (χ2n) is 43.7.